The fraction of sp³-hybridized carbons (Fsp3) is 0.348. The van der Waals surface area contributed by atoms with E-state index in [1.54, 1.807) is 24.3 Å². The second-order valence-corrected chi connectivity index (χ2v) is 8.02. The number of likely N-dealkylation sites (tertiary alicyclic amines) is 1. The number of hydrogen-bond acceptors (Lipinski definition) is 5. The number of carboxylic acids is 1. The lowest BCUT2D eigenvalue weighted by molar-refractivity contribution is -0.274. The SMILES string of the molecule is O=C(O)CCC(=O)N1C[C@@H]2C[C@H]1C(=O)N(Cc1ccc(OC(F)(F)F)cc1)c1ccccc1O2. The molecule has 1 fully saturated rings. The Hall–Kier alpha value is -3.76. The normalized spacial score (nSPS) is 19.7. The van der Waals surface area contributed by atoms with Crippen molar-refractivity contribution >= 4 is 23.5 Å². The Morgan fingerprint density at radius 1 is 1.09 bits per heavy atom. The van der Waals surface area contributed by atoms with Gasteiger partial charge in [0.15, 0.2) is 0 Å². The van der Waals surface area contributed by atoms with Crippen LogP contribution in [0.1, 0.15) is 24.8 Å². The summed E-state index contributed by atoms with van der Waals surface area (Å²) in [6, 6.07) is 11.2. The molecule has 1 saturated heterocycles. The molecule has 34 heavy (non-hydrogen) atoms. The van der Waals surface area contributed by atoms with Gasteiger partial charge >= 0.3 is 12.3 Å². The highest BCUT2D eigenvalue weighted by Gasteiger charge is 2.44. The number of rotatable bonds is 6. The second kappa shape index (κ2) is 9.24. The summed E-state index contributed by atoms with van der Waals surface area (Å²) in [7, 11) is 0. The van der Waals surface area contributed by atoms with Crippen molar-refractivity contribution in [3.8, 4) is 11.5 Å². The van der Waals surface area contributed by atoms with Gasteiger partial charge in [0.05, 0.1) is 25.2 Å². The molecule has 0 aromatic heterocycles. The summed E-state index contributed by atoms with van der Waals surface area (Å²) in [5.74, 6) is -1.88. The Morgan fingerprint density at radius 2 is 1.79 bits per heavy atom. The van der Waals surface area contributed by atoms with Gasteiger partial charge in [-0.2, -0.15) is 0 Å². The minimum Gasteiger partial charge on any atom is -0.486 e. The maximum absolute atomic E-state index is 13.6. The van der Waals surface area contributed by atoms with Crippen LogP contribution in [0.25, 0.3) is 0 Å². The summed E-state index contributed by atoms with van der Waals surface area (Å²) in [6.45, 7) is 0.171. The summed E-state index contributed by atoms with van der Waals surface area (Å²) in [4.78, 5) is 40.0. The van der Waals surface area contributed by atoms with Gasteiger partial charge in [-0.3, -0.25) is 14.4 Å². The van der Waals surface area contributed by atoms with Crippen molar-refractivity contribution < 1.29 is 42.1 Å². The molecule has 2 aliphatic heterocycles. The molecule has 11 heteroatoms. The second-order valence-electron chi connectivity index (χ2n) is 8.02. The number of aliphatic carboxylic acids is 1. The van der Waals surface area contributed by atoms with Gasteiger partial charge in [-0.05, 0) is 29.8 Å². The summed E-state index contributed by atoms with van der Waals surface area (Å²) >= 11 is 0. The Labute approximate surface area is 192 Å². The molecule has 2 bridgehead atoms. The molecule has 0 spiro atoms. The molecule has 2 heterocycles. The zero-order valence-electron chi connectivity index (χ0n) is 17.8. The summed E-state index contributed by atoms with van der Waals surface area (Å²) in [5, 5.41) is 8.90. The first kappa shape index (κ1) is 23.4. The van der Waals surface area contributed by atoms with E-state index in [0.717, 1.165) is 12.1 Å². The third kappa shape index (κ3) is 5.24. The number of fused-ring (bicyclic) bond motifs is 3. The fourth-order valence-electron chi connectivity index (χ4n) is 4.15. The number of carbonyl (C=O) groups excluding carboxylic acids is 2. The first-order chi connectivity index (χ1) is 16.1. The summed E-state index contributed by atoms with van der Waals surface area (Å²) in [5.41, 5.74) is 1.01. The third-order valence-corrected chi connectivity index (χ3v) is 5.63. The van der Waals surface area contributed by atoms with Crippen LogP contribution in [0.3, 0.4) is 0 Å². The van der Waals surface area contributed by atoms with Crippen molar-refractivity contribution in [2.75, 3.05) is 11.4 Å². The molecule has 2 aromatic rings. The first-order valence-corrected chi connectivity index (χ1v) is 10.5. The molecular weight excluding hydrogens is 457 g/mol. The first-order valence-electron chi connectivity index (χ1n) is 10.5. The molecule has 0 radical (unpaired) electrons. The van der Waals surface area contributed by atoms with Crippen molar-refractivity contribution in [3.63, 3.8) is 0 Å². The number of hydrogen-bond donors (Lipinski definition) is 1. The van der Waals surface area contributed by atoms with E-state index in [2.05, 4.69) is 4.74 Å². The minimum absolute atomic E-state index is 0.0177. The lowest BCUT2D eigenvalue weighted by atomic mass is 10.1. The van der Waals surface area contributed by atoms with Gasteiger partial charge in [-0.15, -0.1) is 13.2 Å². The van der Waals surface area contributed by atoms with Crippen molar-refractivity contribution in [2.45, 2.75) is 44.3 Å². The molecule has 8 nitrogen and oxygen atoms in total. The largest absolute Gasteiger partial charge is 0.573 e. The van der Waals surface area contributed by atoms with E-state index in [1.165, 1.54) is 21.9 Å². The average Bonchev–Trinajstić information content (AvgIpc) is 3.20. The maximum Gasteiger partial charge on any atom is 0.573 e. The van der Waals surface area contributed by atoms with E-state index in [1.807, 2.05) is 0 Å². The number of alkyl halides is 3. The molecule has 0 saturated carbocycles. The molecule has 2 aromatic carbocycles. The summed E-state index contributed by atoms with van der Waals surface area (Å²) < 4.78 is 47.3. The van der Waals surface area contributed by atoms with Crippen molar-refractivity contribution in [2.24, 2.45) is 0 Å². The smallest absolute Gasteiger partial charge is 0.486 e. The summed E-state index contributed by atoms with van der Waals surface area (Å²) in [6.07, 6.45) is -5.57. The maximum atomic E-state index is 13.6. The highest BCUT2D eigenvalue weighted by molar-refractivity contribution is 6.01. The van der Waals surface area contributed by atoms with Crippen LogP contribution in [0.5, 0.6) is 11.5 Å². The molecular formula is C23H21F3N2O6. The predicted octanol–water partition coefficient (Wildman–Crippen LogP) is 3.35. The highest BCUT2D eigenvalue weighted by atomic mass is 19.4. The predicted molar refractivity (Wildman–Crippen MR) is 112 cm³/mol. The van der Waals surface area contributed by atoms with Gasteiger partial charge in [0, 0.05) is 12.8 Å². The van der Waals surface area contributed by atoms with Crippen LogP contribution in [0, 0.1) is 0 Å². The van der Waals surface area contributed by atoms with Crippen LogP contribution in [0.4, 0.5) is 18.9 Å². The number of carbonyl (C=O) groups is 3. The molecule has 2 atom stereocenters. The number of halogens is 3. The average molecular weight is 478 g/mol. The Kier molecular flexibility index (Phi) is 6.36. The van der Waals surface area contributed by atoms with Crippen LogP contribution in [-0.4, -0.2) is 52.8 Å². The number of anilines is 1. The molecule has 2 aliphatic rings. The van der Waals surface area contributed by atoms with Gasteiger partial charge in [-0.25, -0.2) is 0 Å². The highest BCUT2D eigenvalue weighted by Crippen LogP contribution is 2.37. The van der Waals surface area contributed by atoms with E-state index in [4.69, 9.17) is 9.84 Å². The van der Waals surface area contributed by atoms with E-state index >= 15 is 0 Å². The zero-order valence-corrected chi connectivity index (χ0v) is 17.8. The number of amides is 2. The Balaban J connectivity index is 1.61. The number of ether oxygens (including phenoxy) is 2. The van der Waals surface area contributed by atoms with E-state index < -0.39 is 30.4 Å². The van der Waals surface area contributed by atoms with Gasteiger partial charge < -0.3 is 24.4 Å². The van der Waals surface area contributed by atoms with E-state index in [-0.39, 0.29) is 44.0 Å². The monoisotopic (exact) mass is 478 g/mol. The van der Waals surface area contributed by atoms with Gasteiger partial charge in [0.25, 0.3) is 0 Å². The molecule has 4 rings (SSSR count). The lowest BCUT2D eigenvalue weighted by Gasteiger charge is -2.32. The van der Waals surface area contributed by atoms with Crippen molar-refractivity contribution in [1.82, 2.24) is 4.90 Å². The number of carboxylic acid groups (broad SMARTS) is 1. The number of para-hydroxylation sites is 2. The minimum atomic E-state index is -4.81. The Morgan fingerprint density at radius 3 is 2.47 bits per heavy atom. The van der Waals surface area contributed by atoms with Crippen molar-refractivity contribution in [1.29, 1.82) is 0 Å². The van der Waals surface area contributed by atoms with E-state index in [0.29, 0.717) is 17.0 Å². The molecule has 2 amide bonds. The third-order valence-electron chi connectivity index (χ3n) is 5.63. The number of benzene rings is 2. The topological polar surface area (TPSA) is 96.4 Å². The zero-order chi connectivity index (χ0) is 24.5. The molecule has 1 N–H and O–H groups in total. The lowest BCUT2D eigenvalue weighted by Crippen LogP contribution is -2.47. The van der Waals surface area contributed by atoms with Gasteiger partial charge in [-0.1, -0.05) is 24.3 Å². The van der Waals surface area contributed by atoms with Gasteiger partial charge in [0.1, 0.15) is 23.6 Å². The van der Waals surface area contributed by atoms with Crippen LogP contribution in [-0.2, 0) is 20.9 Å². The fourth-order valence-corrected chi connectivity index (χ4v) is 4.15. The van der Waals surface area contributed by atoms with Crippen LogP contribution in [0.15, 0.2) is 48.5 Å². The van der Waals surface area contributed by atoms with Crippen LogP contribution < -0.4 is 14.4 Å². The molecule has 180 valence electrons. The van der Waals surface area contributed by atoms with Gasteiger partial charge in [0.2, 0.25) is 11.8 Å². The quantitative estimate of drug-likeness (QED) is 0.684. The van der Waals surface area contributed by atoms with Crippen molar-refractivity contribution in [3.05, 3.63) is 54.1 Å². The Bertz CT molecular complexity index is 1090. The molecule has 0 aliphatic carbocycles. The standard InChI is InChI=1S/C23H21F3N2O6/c24-23(25,26)34-15-7-5-14(6-8-15)12-28-17-3-1-2-4-19(17)33-16-11-18(22(28)32)27(13-16)20(29)9-10-21(30)31/h1-8,16,18H,9-13H2,(H,30,31)/t16-,18-/m0/s1. The van der Waals surface area contributed by atoms with Crippen LogP contribution >= 0.6 is 0 Å². The number of nitrogens with zero attached hydrogens (tertiary/aromatic N) is 2. The van der Waals surface area contributed by atoms with Crippen LogP contribution in [0.2, 0.25) is 0 Å². The molecule has 0 unspecified atom stereocenters. The van der Waals surface area contributed by atoms with E-state index in [9.17, 15) is 27.6 Å².